The maximum absolute atomic E-state index is 13.0. The summed E-state index contributed by atoms with van der Waals surface area (Å²) in [5.41, 5.74) is 0. The van der Waals surface area contributed by atoms with Crippen LogP contribution in [0.25, 0.3) is 0 Å². The van der Waals surface area contributed by atoms with Crippen LogP contribution < -0.4 is 0 Å². The summed E-state index contributed by atoms with van der Waals surface area (Å²) in [4.78, 5) is 0. The lowest BCUT2D eigenvalue weighted by Gasteiger charge is -2.25. The quantitative estimate of drug-likeness (QED) is 0.0560. The summed E-state index contributed by atoms with van der Waals surface area (Å²) in [6.07, 6.45) is 27.1. The van der Waals surface area contributed by atoms with E-state index in [0.29, 0.717) is 26.3 Å². The number of rotatable bonds is 30. The Morgan fingerprint density at radius 3 is 1.13 bits per heavy atom. The lowest BCUT2D eigenvalue weighted by molar-refractivity contribution is -0.0707. The van der Waals surface area contributed by atoms with Crippen molar-refractivity contribution in [1.29, 1.82) is 0 Å². The highest BCUT2D eigenvalue weighted by atomic mass is 32.2. The van der Waals surface area contributed by atoms with Crippen molar-refractivity contribution in [2.24, 2.45) is 0 Å². The number of ether oxygens (including phenoxy) is 2. The second-order valence-electron chi connectivity index (χ2n) is 13.7. The fraction of sp³-hybridized carbons (Fsp3) is 1.00. The van der Waals surface area contributed by atoms with Crippen molar-refractivity contribution in [1.82, 2.24) is 8.61 Å². The normalized spacial score (nSPS) is 20.0. The van der Waals surface area contributed by atoms with Gasteiger partial charge in [0.1, 0.15) is 6.79 Å². The predicted molar refractivity (Wildman–Crippen MR) is 187 cm³/mol. The molecule has 8 nitrogen and oxygen atoms in total. The minimum atomic E-state index is -3.28. The molecule has 2 atom stereocenters. The Balaban J connectivity index is 1.56. The molecule has 2 rings (SSSR count). The predicted octanol–water partition coefficient (Wildman–Crippen LogP) is 8.41. The molecule has 2 saturated heterocycles. The molecule has 2 aliphatic heterocycles. The molecular weight excluding hydrogens is 609 g/mol. The van der Waals surface area contributed by atoms with Crippen molar-refractivity contribution in [3.63, 3.8) is 0 Å². The van der Waals surface area contributed by atoms with Gasteiger partial charge in [-0.25, -0.2) is 16.8 Å². The highest BCUT2D eigenvalue weighted by Gasteiger charge is 2.35. The average molecular weight is 679 g/mol. The molecule has 0 saturated carbocycles. The van der Waals surface area contributed by atoms with Crippen LogP contribution in [0.4, 0.5) is 0 Å². The third-order valence-electron chi connectivity index (χ3n) is 9.66. The lowest BCUT2D eigenvalue weighted by atomic mass is 10.1. The van der Waals surface area contributed by atoms with Gasteiger partial charge in [0.25, 0.3) is 0 Å². The van der Waals surface area contributed by atoms with E-state index in [-0.39, 0.29) is 30.4 Å². The molecule has 2 heterocycles. The van der Waals surface area contributed by atoms with Gasteiger partial charge in [0.05, 0.1) is 24.7 Å². The van der Waals surface area contributed by atoms with Gasteiger partial charge in [-0.2, -0.15) is 8.61 Å². The monoisotopic (exact) mass is 678 g/mol. The van der Waals surface area contributed by atoms with E-state index in [2.05, 4.69) is 13.8 Å². The van der Waals surface area contributed by atoms with Crippen LogP contribution in [0.3, 0.4) is 0 Å². The third-order valence-corrected chi connectivity index (χ3v) is 13.7. The van der Waals surface area contributed by atoms with Crippen LogP contribution in [0.1, 0.15) is 168 Å². The summed E-state index contributed by atoms with van der Waals surface area (Å²) in [6.45, 7) is 6.33. The van der Waals surface area contributed by atoms with E-state index < -0.39 is 20.0 Å². The Bertz CT molecular complexity index is 856. The molecule has 10 heteroatoms. The molecule has 0 amide bonds. The van der Waals surface area contributed by atoms with Crippen molar-refractivity contribution in [3.8, 4) is 0 Å². The number of hydrogen-bond acceptors (Lipinski definition) is 6. The summed E-state index contributed by atoms with van der Waals surface area (Å²) in [6, 6.07) is -0.266. The molecule has 0 unspecified atom stereocenters. The highest BCUT2D eigenvalue weighted by molar-refractivity contribution is 7.89. The Kier molecular flexibility index (Phi) is 22.6. The molecule has 45 heavy (non-hydrogen) atoms. The zero-order valence-electron chi connectivity index (χ0n) is 29.2. The molecule has 0 aliphatic carbocycles. The zero-order valence-corrected chi connectivity index (χ0v) is 30.9. The number of nitrogens with zero attached hydrogens (tertiary/aromatic N) is 2. The van der Waals surface area contributed by atoms with Crippen molar-refractivity contribution in [2.45, 2.75) is 180 Å². The Labute approximate surface area is 278 Å². The maximum atomic E-state index is 13.0. The van der Waals surface area contributed by atoms with E-state index in [1.807, 2.05) is 0 Å². The number of sulfonamides is 2. The van der Waals surface area contributed by atoms with Crippen molar-refractivity contribution in [2.75, 3.05) is 44.6 Å². The van der Waals surface area contributed by atoms with E-state index >= 15 is 0 Å². The smallest absolute Gasteiger partial charge is 0.214 e. The fourth-order valence-corrected chi connectivity index (χ4v) is 10.6. The Hall–Kier alpha value is -0.260. The summed E-state index contributed by atoms with van der Waals surface area (Å²) in [7, 11) is -6.55. The Morgan fingerprint density at radius 1 is 0.489 bits per heavy atom. The van der Waals surface area contributed by atoms with E-state index in [1.165, 1.54) is 89.9 Å². The van der Waals surface area contributed by atoms with Gasteiger partial charge in [-0.1, -0.05) is 129 Å². The van der Waals surface area contributed by atoms with E-state index in [0.717, 1.165) is 64.2 Å². The zero-order chi connectivity index (χ0) is 32.6. The van der Waals surface area contributed by atoms with Crippen LogP contribution >= 0.6 is 0 Å². The molecule has 0 aromatic heterocycles. The average Bonchev–Trinajstić information content (AvgIpc) is 3.70. The summed E-state index contributed by atoms with van der Waals surface area (Å²) >= 11 is 0. The molecule has 0 aromatic rings. The van der Waals surface area contributed by atoms with E-state index in [4.69, 9.17) is 9.47 Å². The fourth-order valence-electron chi connectivity index (χ4n) is 6.89. The molecule has 0 N–H and O–H groups in total. The first-order valence-corrected chi connectivity index (χ1v) is 22.2. The van der Waals surface area contributed by atoms with Gasteiger partial charge in [0.15, 0.2) is 0 Å². The van der Waals surface area contributed by atoms with Gasteiger partial charge < -0.3 is 9.47 Å². The highest BCUT2D eigenvalue weighted by Crippen LogP contribution is 2.24. The van der Waals surface area contributed by atoms with Crippen LogP contribution in [0, 0.1) is 0 Å². The summed E-state index contributed by atoms with van der Waals surface area (Å²) in [5, 5.41) is 0. The van der Waals surface area contributed by atoms with Gasteiger partial charge in [-0.3, -0.25) is 0 Å². The second kappa shape index (κ2) is 24.8. The summed E-state index contributed by atoms with van der Waals surface area (Å²) in [5.74, 6) is 0.448. The standard InChI is InChI=1S/C35H70N2O6S2/c1-3-5-7-9-11-13-15-17-19-21-29-44(38,39)36-27-23-25-34(36)31-42-33-43-32-35-26-24-28-37(35)45(40,41)30-22-20-18-16-14-12-10-8-6-4-2/h34-35H,3-33H2,1-2H3/t34-,35-/m0/s1. The van der Waals surface area contributed by atoms with Crippen molar-refractivity contribution >= 4 is 20.0 Å². The first kappa shape index (κ1) is 40.9. The van der Waals surface area contributed by atoms with Crippen LogP contribution in [0.5, 0.6) is 0 Å². The van der Waals surface area contributed by atoms with Crippen molar-refractivity contribution in [3.05, 3.63) is 0 Å². The SMILES string of the molecule is CCCCCCCCCCCCS(=O)(=O)N1CCC[C@H]1COCOC[C@@H]1CCCN1S(=O)(=O)CCCCCCCCCCCC. The lowest BCUT2D eigenvalue weighted by Crippen LogP contribution is -2.40. The molecule has 0 spiro atoms. The minimum Gasteiger partial charge on any atom is -0.354 e. The van der Waals surface area contributed by atoms with Crippen molar-refractivity contribution < 1.29 is 26.3 Å². The number of hydrogen-bond donors (Lipinski definition) is 0. The van der Waals surface area contributed by atoms with E-state index in [1.54, 1.807) is 8.61 Å². The third kappa shape index (κ3) is 17.6. The molecule has 2 aliphatic rings. The largest absolute Gasteiger partial charge is 0.354 e. The minimum absolute atomic E-state index is 0.0612. The maximum Gasteiger partial charge on any atom is 0.214 e. The van der Waals surface area contributed by atoms with Gasteiger partial charge in [0, 0.05) is 25.2 Å². The van der Waals surface area contributed by atoms with Crippen LogP contribution in [-0.4, -0.2) is 82.1 Å². The Morgan fingerprint density at radius 2 is 0.800 bits per heavy atom. The topological polar surface area (TPSA) is 93.2 Å². The molecule has 0 aromatic carbocycles. The molecule has 0 radical (unpaired) electrons. The second-order valence-corrected chi connectivity index (χ2v) is 17.8. The summed E-state index contributed by atoms with van der Waals surface area (Å²) < 4.78 is 67.0. The van der Waals surface area contributed by atoms with Crippen LogP contribution in [0.2, 0.25) is 0 Å². The van der Waals surface area contributed by atoms with Gasteiger partial charge in [-0.05, 0) is 38.5 Å². The molecule has 0 bridgehead atoms. The number of unbranched alkanes of at least 4 members (excludes halogenated alkanes) is 18. The first-order chi connectivity index (χ1) is 21.8. The molecule has 268 valence electrons. The molecular formula is C35H70N2O6S2. The van der Waals surface area contributed by atoms with Gasteiger partial charge in [0.2, 0.25) is 20.0 Å². The van der Waals surface area contributed by atoms with Gasteiger partial charge >= 0.3 is 0 Å². The van der Waals surface area contributed by atoms with Crippen LogP contribution in [-0.2, 0) is 29.5 Å². The van der Waals surface area contributed by atoms with E-state index in [9.17, 15) is 16.8 Å². The molecule has 2 fully saturated rings. The van der Waals surface area contributed by atoms with Crippen LogP contribution in [0.15, 0.2) is 0 Å². The first-order valence-electron chi connectivity index (χ1n) is 19.0. The van der Waals surface area contributed by atoms with Gasteiger partial charge in [-0.15, -0.1) is 0 Å².